The number of hydrogen-bond acceptors (Lipinski definition) is 4. The largest absolute Gasteiger partial charge is 0.508 e. The molecule has 1 unspecified atom stereocenters. The smallest absolute Gasteiger partial charge is 0.151 e. The average molecular weight is 255 g/mol. The van der Waals surface area contributed by atoms with E-state index in [2.05, 4.69) is 5.32 Å². The molecule has 17 heavy (non-hydrogen) atoms. The van der Waals surface area contributed by atoms with E-state index in [0.717, 1.165) is 24.9 Å². The lowest BCUT2D eigenvalue weighted by atomic mass is 10.1. The van der Waals surface area contributed by atoms with E-state index >= 15 is 0 Å². The van der Waals surface area contributed by atoms with Gasteiger partial charge in [0, 0.05) is 6.04 Å². The van der Waals surface area contributed by atoms with E-state index in [1.807, 2.05) is 12.1 Å². The summed E-state index contributed by atoms with van der Waals surface area (Å²) in [5, 5.41) is 12.4. The first-order valence-corrected chi connectivity index (χ1v) is 7.59. The zero-order chi connectivity index (χ0) is 12.3. The Morgan fingerprint density at radius 2 is 2.00 bits per heavy atom. The van der Waals surface area contributed by atoms with E-state index in [-0.39, 0.29) is 17.5 Å². The van der Waals surface area contributed by atoms with E-state index in [1.165, 1.54) is 0 Å². The Morgan fingerprint density at radius 1 is 1.29 bits per heavy atom. The maximum atomic E-state index is 11.2. The first-order valence-electron chi connectivity index (χ1n) is 5.77. The zero-order valence-electron chi connectivity index (χ0n) is 9.59. The molecule has 2 rings (SSSR count). The number of aromatic hydroxyl groups is 1. The van der Waals surface area contributed by atoms with Gasteiger partial charge in [0.05, 0.1) is 11.5 Å². The van der Waals surface area contributed by atoms with Crippen LogP contribution in [0.25, 0.3) is 0 Å². The van der Waals surface area contributed by atoms with E-state index in [1.54, 1.807) is 12.1 Å². The Labute approximate surface area is 102 Å². The molecule has 4 nitrogen and oxygen atoms in total. The fraction of sp³-hybridized carbons (Fsp3) is 0.500. The normalized spacial score (nSPS) is 22.7. The van der Waals surface area contributed by atoms with Gasteiger partial charge < -0.3 is 10.4 Å². The molecule has 0 amide bonds. The van der Waals surface area contributed by atoms with Crippen LogP contribution in [0.5, 0.6) is 5.75 Å². The van der Waals surface area contributed by atoms with Crippen molar-refractivity contribution in [2.75, 3.05) is 18.1 Å². The van der Waals surface area contributed by atoms with Gasteiger partial charge in [0.15, 0.2) is 9.84 Å². The van der Waals surface area contributed by atoms with Crippen LogP contribution in [-0.4, -0.2) is 37.6 Å². The number of rotatable bonds is 4. The van der Waals surface area contributed by atoms with Gasteiger partial charge in [-0.05, 0) is 37.1 Å². The molecule has 1 aliphatic rings. The molecule has 2 N–H and O–H groups in total. The number of phenols is 1. The summed E-state index contributed by atoms with van der Waals surface area (Å²) in [5.41, 5.74) is 1.14. The Morgan fingerprint density at radius 3 is 2.59 bits per heavy atom. The Bertz CT molecular complexity index is 467. The molecule has 5 heteroatoms. The molecule has 0 bridgehead atoms. The highest BCUT2D eigenvalue weighted by molar-refractivity contribution is 7.91. The molecule has 1 aromatic rings. The van der Waals surface area contributed by atoms with E-state index in [9.17, 15) is 8.42 Å². The van der Waals surface area contributed by atoms with Crippen molar-refractivity contribution in [3.8, 4) is 5.75 Å². The van der Waals surface area contributed by atoms with Crippen LogP contribution in [0.1, 0.15) is 12.0 Å². The standard InChI is InChI=1S/C12H17NO3S/c14-12-3-1-10(2-4-12)5-7-13-11-6-8-17(15,16)9-11/h1-4,11,13-14H,5-9H2. The van der Waals surface area contributed by atoms with Gasteiger partial charge in [-0.2, -0.15) is 0 Å². The van der Waals surface area contributed by atoms with E-state index in [0.29, 0.717) is 5.75 Å². The van der Waals surface area contributed by atoms with Crippen LogP contribution in [0.3, 0.4) is 0 Å². The Hall–Kier alpha value is -1.07. The monoisotopic (exact) mass is 255 g/mol. The van der Waals surface area contributed by atoms with Crippen molar-refractivity contribution in [1.29, 1.82) is 0 Å². The Kier molecular flexibility index (Phi) is 3.69. The average Bonchev–Trinajstić information content (AvgIpc) is 2.61. The van der Waals surface area contributed by atoms with Crippen LogP contribution in [0.4, 0.5) is 0 Å². The van der Waals surface area contributed by atoms with Crippen molar-refractivity contribution in [2.45, 2.75) is 18.9 Å². The van der Waals surface area contributed by atoms with E-state index < -0.39 is 9.84 Å². The van der Waals surface area contributed by atoms with Crippen LogP contribution < -0.4 is 5.32 Å². The van der Waals surface area contributed by atoms with Gasteiger partial charge >= 0.3 is 0 Å². The summed E-state index contributed by atoms with van der Waals surface area (Å²) in [6.45, 7) is 0.769. The summed E-state index contributed by atoms with van der Waals surface area (Å²) in [4.78, 5) is 0. The molecule has 94 valence electrons. The summed E-state index contributed by atoms with van der Waals surface area (Å²) in [7, 11) is -2.79. The third-order valence-corrected chi connectivity index (χ3v) is 4.78. The van der Waals surface area contributed by atoms with Crippen molar-refractivity contribution in [3.63, 3.8) is 0 Å². The summed E-state index contributed by atoms with van der Waals surface area (Å²) in [6, 6.07) is 7.19. The minimum atomic E-state index is -2.79. The molecule has 1 fully saturated rings. The molecule has 1 heterocycles. The van der Waals surface area contributed by atoms with Crippen molar-refractivity contribution in [1.82, 2.24) is 5.32 Å². The topological polar surface area (TPSA) is 66.4 Å². The summed E-state index contributed by atoms with van der Waals surface area (Å²) in [5.74, 6) is 0.843. The predicted molar refractivity (Wildman–Crippen MR) is 66.9 cm³/mol. The van der Waals surface area contributed by atoms with Crippen molar-refractivity contribution >= 4 is 9.84 Å². The maximum absolute atomic E-state index is 11.2. The minimum Gasteiger partial charge on any atom is -0.508 e. The minimum absolute atomic E-state index is 0.108. The summed E-state index contributed by atoms with van der Waals surface area (Å²) >= 11 is 0. The molecule has 0 aliphatic carbocycles. The van der Waals surface area contributed by atoms with Crippen LogP contribution in [0.15, 0.2) is 24.3 Å². The second-order valence-corrected chi connectivity index (χ2v) is 6.70. The van der Waals surface area contributed by atoms with Gasteiger partial charge in [-0.15, -0.1) is 0 Å². The van der Waals surface area contributed by atoms with Crippen LogP contribution in [0, 0.1) is 0 Å². The zero-order valence-corrected chi connectivity index (χ0v) is 10.4. The molecule has 0 radical (unpaired) electrons. The Balaban J connectivity index is 1.75. The highest BCUT2D eigenvalue weighted by Crippen LogP contribution is 2.12. The molecular formula is C12H17NO3S. The molecule has 0 saturated carbocycles. The summed E-state index contributed by atoms with van der Waals surface area (Å²) < 4.78 is 22.5. The molecule has 0 spiro atoms. The predicted octanol–water partition coefficient (Wildman–Crippen LogP) is 0.711. The lowest BCUT2D eigenvalue weighted by Gasteiger charge is -2.10. The van der Waals surface area contributed by atoms with E-state index in [4.69, 9.17) is 5.11 Å². The fourth-order valence-corrected chi connectivity index (χ4v) is 3.75. The van der Waals surface area contributed by atoms with Crippen molar-refractivity contribution < 1.29 is 13.5 Å². The van der Waals surface area contributed by atoms with Gasteiger partial charge in [-0.25, -0.2) is 8.42 Å². The summed E-state index contributed by atoms with van der Waals surface area (Å²) in [6.07, 6.45) is 1.56. The SMILES string of the molecule is O=S1(=O)CCC(NCCc2ccc(O)cc2)C1. The van der Waals surface area contributed by atoms with Crippen LogP contribution in [-0.2, 0) is 16.3 Å². The highest BCUT2D eigenvalue weighted by atomic mass is 32.2. The third-order valence-electron chi connectivity index (χ3n) is 3.02. The number of benzene rings is 1. The molecule has 1 aromatic carbocycles. The number of sulfone groups is 1. The van der Waals surface area contributed by atoms with Crippen LogP contribution >= 0.6 is 0 Å². The second kappa shape index (κ2) is 5.06. The number of phenolic OH excluding ortho intramolecular Hbond substituents is 1. The molecule has 0 aromatic heterocycles. The van der Waals surface area contributed by atoms with Gasteiger partial charge in [-0.3, -0.25) is 0 Å². The van der Waals surface area contributed by atoms with Gasteiger partial charge in [-0.1, -0.05) is 12.1 Å². The van der Waals surface area contributed by atoms with Crippen LogP contribution in [0.2, 0.25) is 0 Å². The number of hydrogen-bond donors (Lipinski definition) is 2. The third kappa shape index (κ3) is 3.71. The lowest BCUT2D eigenvalue weighted by Crippen LogP contribution is -2.31. The lowest BCUT2D eigenvalue weighted by molar-refractivity contribution is 0.475. The van der Waals surface area contributed by atoms with Gasteiger partial charge in [0.1, 0.15) is 5.75 Å². The maximum Gasteiger partial charge on any atom is 0.151 e. The molecule has 1 saturated heterocycles. The quantitative estimate of drug-likeness (QED) is 0.831. The second-order valence-electron chi connectivity index (χ2n) is 4.47. The molecule has 1 aliphatic heterocycles. The first kappa shape index (κ1) is 12.4. The fourth-order valence-electron chi connectivity index (χ4n) is 2.04. The van der Waals surface area contributed by atoms with Gasteiger partial charge in [0.25, 0.3) is 0 Å². The van der Waals surface area contributed by atoms with Crippen molar-refractivity contribution in [3.05, 3.63) is 29.8 Å². The van der Waals surface area contributed by atoms with Gasteiger partial charge in [0.2, 0.25) is 0 Å². The molecule has 1 atom stereocenters. The highest BCUT2D eigenvalue weighted by Gasteiger charge is 2.26. The molecular weight excluding hydrogens is 238 g/mol. The van der Waals surface area contributed by atoms with Crippen molar-refractivity contribution in [2.24, 2.45) is 0 Å². The number of nitrogens with one attached hydrogen (secondary N) is 1. The first-order chi connectivity index (χ1) is 8.05.